The third-order valence-electron chi connectivity index (χ3n) is 3.68. The van der Waals surface area contributed by atoms with Crippen LogP contribution < -0.4 is 10.1 Å². The molecule has 21 heavy (non-hydrogen) atoms. The summed E-state index contributed by atoms with van der Waals surface area (Å²) in [5.74, 6) is 2.69. The molecule has 0 bridgehead atoms. The Labute approximate surface area is 124 Å². The lowest BCUT2D eigenvalue weighted by Gasteiger charge is -2.13. The monoisotopic (exact) mass is 287 g/mol. The number of ether oxygens (including phenoxy) is 1. The fourth-order valence-corrected chi connectivity index (χ4v) is 2.26. The first-order chi connectivity index (χ1) is 10.3. The summed E-state index contributed by atoms with van der Waals surface area (Å²) in [5, 5.41) is 7.36. The zero-order valence-corrected chi connectivity index (χ0v) is 12.5. The summed E-state index contributed by atoms with van der Waals surface area (Å²) in [4.78, 5) is 4.34. The topological polar surface area (TPSA) is 60.2 Å². The van der Waals surface area contributed by atoms with Gasteiger partial charge in [-0.05, 0) is 44.0 Å². The van der Waals surface area contributed by atoms with Crippen molar-refractivity contribution in [3.8, 4) is 5.75 Å². The number of hydrogen-bond acceptors (Lipinski definition) is 5. The molecule has 1 fully saturated rings. The largest absolute Gasteiger partial charge is 0.484 e. The normalized spacial score (nSPS) is 15.9. The average Bonchev–Trinajstić information content (AvgIpc) is 3.25. The van der Waals surface area contributed by atoms with Gasteiger partial charge in [0.15, 0.2) is 12.4 Å². The van der Waals surface area contributed by atoms with Crippen molar-refractivity contribution >= 4 is 0 Å². The number of aromatic nitrogens is 2. The summed E-state index contributed by atoms with van der Waals surface area (Å²) in [6.45, 7) is 5.53. The fraction of sp³-hybridized carbons (Fsp3) is 0.500. The molecule has 1 saturated carbocycles. The molecule has 1 unspecified atom stereocenters. The first kappa shape index (κ1) is 14.1. The van der Waals surface area contributed by atoms with Crippen LogP contribution in [0.5, 0.6) is 5.75 Å². The average molecular weight is 287 g/mol. The van der Waals surface area contributed by atoms with Crippen LogP contribution in [0.15, 0.2) is 28.8 Å². The van der Waals surface area contributed by atoms with Crippen molar-refractivity contribution in [2.75, 3.05) is 6.54 Å². The van der Waals surface area contributed by atoms with E-state index in [1.54, 1.807) is 0 Å². The molecule has 112 valence electrons. The van der Waals surface area contributed by atoms with Crippen molar-refractivity contribution in [2.24, 2.45) is 0 Å². The second-order valence-corrected chi connectivity index (χ2v) is 5.46. The van der Waals surface area contributed by atoms with E-state index in [4.69, 9.17) is 9.26 Å². The van der Waals surface area contributed by atoms with Gasteiger partial charge in [0.2, 0.25) is 0 Å². The highest BCUT2D eigenvalue weighted by molar-refractivity contribution is 5.29. The zero-order chi connectivity index (χ0) is 14.7. The molecule has 1 aliphatic rings. The second-order valence-electron chi connectivity index (χ2n) is 5.46. The first-order valence-electron chi connectivity index (χ1n) is 7.55. The highest BCUT2D eigenvalue weighted by Crippen LogP contribution is 2.38. The highest BCUT2D eigenvalue weighted by Gasteiger charge is 2.28. The summed E-state index contributed by atoms with van der Waals surface area (Å²) < 4.78 is 10.9. The van der Waals surface area contributed by atoms with Crippen LogP contribution in [0.2, 0.25) is 0 Å². The SMILES string of the molecule is CCNC(C)c1ccc(OCc2nc(C3CC3)no2)cc1. The molecule has 0 radical (unpaired) electrons. The van der Waals surface area contributed by atoms with Gasteiger partial charge < -0.3 is 14.6 Å². The van der Waals surface area contributed by atoms with Gasteiger partial charge in [-0.1, -0.05) is 24.2 Å². The van der Waals surface area contributed by atoms with E-state index < -0.39 is 0 Å². The summed E-state index contributed by atoms with van der Waals surface area (Å²) in [7, 11) is 0. The highest BCUT2D eigenvalue weighted by atomic mass is 16.5. The summed E-state index contributed by atoms with van der Waals surface area (Å²) in [5.41, 5.74) is 1.25. The minimum atomic E-state index is 0.321. The van der Waals surface area contributed by atoms with Crippen molar-refractivity contribution in [2.45, 2.75) is 45.3 Å². The number of rotatable bonds is 7. The molecule has 1 atom stereocenters. The molecule has 2 aromatic rings. The molecule has 0 amide bonds. The quantitative estimate of drug-likeness (QED) is 0.847. The molecule has 1 N–H and O–H groups in total. The van der Waals surface area contributed by atoms with E-state index in [9.17, 15) is 0 Å². The van der Waals surface area contributed by atoms with E-state index in [0.29, 0.717) is 24.5 Å². The molecular weight excluding hydrogens is 266 g/mol. The van der Waals surface area contributed by atoms with Gasteiger partial charge in [0.25, 0.3) is 5.89 Å². The molecule has 1 aromatic heterocycles. The maximum absolute atomic E-state index is 5.68. The number of nitrogens with zero attached hydrogens (tertiary/aromatic N) is 2. The molecule has 1 aliphatic carbocycles. The third kappa shape index (κ3) is 3.61. The molecule has 5 heteroatoms. The predicted molar refractivity (Wildman–Crippen MR) is 79.1 cm³/mol. The van der Waals surface area contributed by atoms with Gasteiger partial charge in [0, 0.05) is 12.0 Å². The van der Waals surface area contributed by atoms with Crippen molar-refractivity contribution in [3.05, 3.63) is 41.5 Å². The van der Waals surface area contributed by atoms with Gasteiger partial charge in [-0.2, -0.15) is 4.98 Å². The van der Waals surface area contributed by atoms with E-state index >= 15 is 0 Å². The van der Waals surface area contributed by atoms with Crippen LogP contribution in [0.25, 0.3) is 0 Å². The molecule has 0 aliphatic heterocycles. The summed E-state index contributed by atoms with van der Waals surface area (Å²) in [6, 6.07) is 8.45. The molecule has 1 aromatic carbocycles. The third-order valence-corrected chi connectivity index (χ3v) is 3.68. The smallest absolute Gasteiger partial charge is 0.264 e. The van der Waals surface area contributed by atoms with Crippen LogP contribution in [0, 0.1) is 0 Å². The zero-order valence-electron chi connectivity index (χ0n) is 12.5. The Bertz CT molecular complexity index is 575. The van der Waals surface area contributed by atoms with Gasteiger partial charge in [-0.3, -0.25) is 0 Å². The Kier molecular flexibility index (Phi) is 4.20. The lowest BCUT2D eigenvalue weighted by Crippen LogP contribution is -2.17. The standard InChI is InChI=1S/C16H21N3O2/c1-3-17-11(2)12-6-8-14(9-7-12)20-10-15-18-16(19-21-15)13-4-5-13/h6-9,11,13,17H,3-5,10H2,1-2H3. The lowest BCUT2D eigenvalue weighted by molar-refractivity contribution is 0.242. The Morgan fingerprint density at radius 2 is 2.10 bits per heavy atom. The molecule has 5 nitrogen and oxygen atoms in total. The number of hydrogen-bond donors (Lipinski definition) is 1. The van der Waals surface area contributed by atoms with E-state index in [1.165, 1.54) is 18.4 Å². The Hall–Kier alpha value is -1.88. The van der Waals surface area contributed by atoms with Crippen molar-refractivity contribution < 1.29 is 9.26 Å². The van der Waals surface area contributed by atoms with Crippen molar-refractivity contribution in [3.63, 3.8) is 0 Å². The summed E-state index contributed by atoms with van der Waals surface area (Å²) in [6.07, 6.45) is 2.34. The molecule has 3 rings (SSSR count). The Balaban J connectivity index is 1.54. The molecular formula is C16H21N3O2. The van der Waals surface area contributed by atoms with Gasteiger partial charge in [0.1, 0.15) is 5.75 Å². The van der Waals surface area contributed by atoms with E-state index in [-0.39, 0.29) is 0 Å². The van der Waals surface area contributed by atoms with Crippen molar-refractivity contribution in [1.82, 2.24) is 15.5 Å². The molecule has 0 spiro atoms. The van der Waals surface area contributed by atoms with E-state index in [2.05, 4.69) is 41.4 Å². The van der Waals surface area contributed by atoms with Gasteiger partial charge >= 0.3 is 0 Å². The number of nitrogens with one attached hydrogen (secondary N) is 1. The minimum Gasteiger partial charge on any atom is -0.484 e. The van der Waals surface area contributed by atoms with E-state index in [0.717, 1.165) is 18.1 Å². The Morgan fingerprint density at radius 3 is 2.76 bits per heavy atom. The maximum atomic E-state index is 5.68. The lowest BCUT2D eigenvalue weighted by atomic mass is 10.1. The van der Waals surface area contributed by atoms with Gasteiger partial charge in [-0.25, -0.2) is 0 Å². The molecule has 0 saturated heterocycles. The maximum Gasteiger partial charge on any atom is 0.264 e. The van der Waals surface area contributed by atoms with Crippen LogP contribution in [0.3, 0.4) is 0 Å². The van der Waals surface area contributed by atoms with Crippen molar-refractivity contribution in [1.29, 1.82) is 0 Å². The molecule has 1 heterocycles. The minimum absolute atomic E-state index is 0.321. The van der Waals surface area contributed by atoms with Crippen LogP contribution in [-0.2, 0) is 6.61 Å². The number of benzene rings is 1. The predicted octanol–water partition coefficient (Wildman–Crippen LogP) is 3.20. The Morgan fingerprint density at radius 1 is 1.33 bits per heavy atom. The first-order valence-corrected chi connectivity index (χ1v) is 7.55. The fourth-order valence-electron chi connectivity index (χ4n) is 2.26. The van der Waals surface area contributed by atoms with Crippen LogP contribution in [0.4, 0.5) is 0 Å². The van der Waals surface area contributed by atoms with E-state index in [1.807, 2.05) is 12.1 Å². The second kappa shape index (κ2) is 6.26. The van der Waals surface area contributed by atoms with Crippen LogP contribution >= 0.6 is 0 Å². The van der Waals surface area contributed by atoms with Crippen LogP contribution in [0.1, 0.15) is 55.9 Å². The van der Waals surface area contributed by atoms with Crippen LogP contribution in [-0.4, -0.2) is 16.7 Å². The van der Waals surface area contributed by atoms with Gasteiger partial charge in [-0.15, -0.1) is 0 Å². The van der Waals surface area contributed by atoms with Gasteiger partial charge in [0.05, 0.1) is 0 Å². The summed E-state index contributed by atoms with van der Waals surface area (Å²) >= 11 is 0.